The summed E-state index contributed by atoms with van der Waals surface area (Å²) >= 11 is 1.86. The van der Waals surface area contributed by atoms with E-state index in [1.807, 2.05) is 34.8 Å². The van der Waals surface area contributed by atoms with Crippen LogP contribution in [0.3, 0.4) is 0 Å². The molecule has 0 aliphatic heterocycles. The normalized spacial score (nSPS) is 10.8. The van der Waals surface area contributed by atoms with E-state index in [9.17, 15) is 0 Å². The van der Waals surface area contributed by atoms with Gasteiger partial charge in [0.2, 0.25) is 0 Å². The van der Waals surface area contributed by atoms with E-state index in [0.29, 0.717) is 0 Å². The molecule has 0 aliphatic rings. The van der Waals surface area contributed by atoms with E-state index in [0.717, 1.165) is 42.7 Å². The number of hydrogen-bond acceptors (Lipinski definition) is 3. The second-order valence-corrected chi connectivity index (χ2v) is 6.31. The number of rotatable bonds is 9. The second kappa shape index (κ2) is 12.8. The number of nitrogens with zero attached hydrogens (tertiary/aromatic N) is 3. The average Bonchev–Trinajstić information content (AvgIpc) is 3.15. The zero-order valence-corrected chi connectivity index (χ0v) is 17.7. The Hall–Kier alpha value is -1.48. The third-order valence-electron chi connectivity index (χ3n) is 3.41. The van der Waals surface area contributed by atoms with Gasteiger partial charge in [-0.1, -0.05) is 18.2 Å². The average molecular weight is 471 g/mol. The molecule has 0 unspecified atom stereocenters. The van der Waals surface area contributed by atoms with Crippen molar-refractivity contribution in [2.24, 2.45) is 4.99 Å². The summed E-state index contributed by atoms with van der Waals surface area (Å²) in [7, 11) is 1.80. The highest BCUT2D eigenvalue weighted by atomic mass is 127. The van der Waals surface area contributed by atoms with Gasteiger partial charge in [-0.25, -0.2) is 4.68 Å². The summed E-state index contributed by atoms with van der Waals surface area (Å²) in [5.41, 5.74) is 2.36. The zero-order valence-electron chi connectivity index (χ0n) is 14.5. The molecule has 0 amide bonds. The fraction of sp³-hybridized carbons (Fsp3) is 0.333. The lowest BCUT2D eigenvalue weighted by Crippen LogP contribution is -2.39. The molecule has 0 fully saturated rings. The third kappa shape index (κ3) is 7.96. The Balaban J connectivity index is 0.00000312. The number of hydrogen-bond donors (Lipinski definition) is 2. The highest BCUT2D eigenvalue weighted by Gasteiger charge is 1.99. The number of nitrogens with one attached hydrogen (secondary N) is 2. The Morgan fingerprint density at radius 1 is 1.28 bits per heavy atom. The van der Waals surface area contributed by atoms with Crippen LogP contribution in [0.15, 0.2) is 60.4 Å². The Morgan fingerprint density at radius 3 is 2.68 bits per heavy atom. The van der Waals surface area contributed by atoms with Gasteiger partial charge in [-0.3, -0.25) is 4.99 Å². The molecule has 1 aromatic carbocycles. The van der Waals surface area contributed by atoms with Gasteiger partial charge in [-0.05, 0) is 30.2 Å². The predicted molar refractivity (Wildman–Crippen MR) is 120 cm³/mol. The standard InChI is InChI=1S/C18H25N5S.HI/c1-3-14-24-15-12-21-18(19-2)20-11-9-16-5-7-17(8-6-16)23-13-4-10-22-23;/h3-8,10,13H,1,9,11-12,14-15H2,2H3,(H2,19,20,21);1H. The lowest BCUT2D eigenvalue weighted by Gasteiger charge is -2.11. The van der Waals surface area contributed by atoms with Crippen LogP contribution in [0, 0.1) is 0 Å². The molecule has 0 atom stereocenters. The van der Waals surface area contributed by atoms with Crippen LogP contribution >= 0.6 is 35.7 Å². The van der Waals surface area contributed by atoms with Crippen LogP contribution in [-0.4, -0.2) is 47.4 Å². The first-order valence-electron chi connectivity index (χ1n) is 8.05. The fourth-order valence-corrected chi connectivity index (χ4v) is 2.77. The molecular weight excluding hydrogens is 445 g/mol. The fourth-order valence-electron chi connectivity index (χ4n) is 2.19. The van der Waals surface area contributed by atoms with Gasteiger partial charge in [0.05, 0.1) is 5.69 Å². The molecule has 0 radical (unpaired) electrons. The number of halogens is 1. The van der Waals surface area contributed by atoms with Crippen molar-refractivity contribution in [3.05, 3.63) is 60.9 Å². The first-order valence-corrected chi connectivity index (χ1v) is 9.21. The zero-order chi connectivity index (χ0) is 17.0. The number of guanidine groups is 1. The lowest BCUT2D eigenvalue weighted by molar-refractivity contribution is 0.811. The molecule has 5 nitrogen and oxygen atoms in total. The summed E-state index contributed by atoms with van der Waals surface area (Å²) in [4.78, 5) is 4.24. The van der Waals surface area contributed by atoms with Crippen LogP contribution < -0.4 is 10.6 Å². The lowest BCUT2D eigenvalue weighted by atomic mass is 10.1. The SMILES string of the molecule is C=CCSCCNC(=NC)NCCc1ccc(-n2cccn2)cc1.I. The van der Waals surface area contributed by atoms with E-state index in [1.165, 1.54) is 5.56 Å². The van der Waals surface area contributed by atoms with Gasteiger partial charge in [0.15, 0.2) is 5.96 Å². The largest absolute Gasteiger partial charge is 0.356 e. The molecular formula is C18H26IN5S. The summed E-state index contributed by atoms with van der Waals surface area (Å²) in [5, 5.41) is 10.9. The topological polar surface area (TPSA) is 54.2 Å². The van der Waals surface area contributed by atoms with Crippen LogP contribution in [0.1, 0.15) is 5.56 Å². The van der Waals surface area contributed by atoms with Crippen LogP contribution in [0.25, 0.3) is 5.69 Å². The molecule has 0 aliphatic carbocycles. The maximum atomic E-state index is 4.24. The van der Waals surface area contributed by atoms with Gasteiger partial charge >= 0.3 is 0 Å². The highest BCUT2D eigenvalue weighted by molar-refractivity contribution is 14.0. The monoisotopic (exact) mass is 471 g/mol. The van der Waals surface area contributed by atoms with Gasteiger partial charge in [-0.15, -0.1) is 30.6 Å². The summed E-state index contributed by atoms with van der Waals surface area (Å²) in [6.45, 7) is 5.46. The Morgan fingerprint density at radius 2 is 2.04 bits per heavy atom. The summed E-state index contributed by atoms with van der Waals surface area (Å²) in [5.74, 6) is 2.88. The molecule has 1 heterocycles. The molecule has 2 N–H and O–H groups in total. The van der Waals surface area contributed by atoms with Gasteiger partial charge in [0.25, 0.3) is 0 Å². The Kier molecular flexibility index (Phi) is 11.1. The van der Waals surface area contributed by atoms with Gasteiger partial charge in [0, 0.05) is 44.0 Å². The maximum absolute atomic E-state index is 4.24. The van der Waals surface area contributed by atoms with Crippen molar-refractivity contribution in [3.63, 3.8) is 0 Å². The number of benzene rings is 1. The molecule has 0 bridgehead atoms. The predicted octanol–water partition coefficient (Wildman–Crippen LogP) is 3.12. The maximum Gasteiger partial charge on any atom is 0.191 e. The minimum Gasteiger partial charge on any atom is -0.356 e. The molecule has 136 valence electrons. The van der Waals surface area contributed by atoms with Gasteiger partial charge in [-0.2, -0.15) is 16.9 Å². The Bertz CT molecular complexity index is 625. The Labute approximate surface area is 171 Å². The van der Waals surface area contributed by atoms with Crippen molar-refractivity contribution >= 4 is 41.7 Å². The highest BCUT2D eigenvalue weighted by Crippen LogP contribution is 2.08. The van der Waals surface area contributed by atoms with Crippen LogP contribution in [0.5, 0.6) is 0 Å². The molecule has 7 heteroatoms. The van der Waals surface area contributed by atoms with Crippen molar-refractivity contribution in [1.82, 2.24) is 20.4 Å². The number of thioether (sulfide) groups is 1. The smallest absolute Gasteiger partial charge is 0.191 e. The van der Waals surface area contributed by atoms with E-state index in [4.69, 9.17) is 0 Å². The van der Waals surface area contributed by atoms with Crippen molar-refractivity contribution in [2.75, 3.05) is 31.6 Å². The van der Waals surface area contributed by atoms with Crippen molar-refractivity contribution < 1.29 is 0 Å². The van der Waals surface area contributed by atoms with Gasteiger partial charge in [0.1, 0.15) is 0 Å². The first kappa shape index (κ1) is 21.6. The van der Waals surface area contributed by atoms with Crippen LogP contribution in [0.4, 0.5) is 0 Å². The summed E-state index contributed by atoms with van der Waals surface area (Å²) in [6, 6.07) is 10.4. The van der Waals surface area contributed by atoms with E-state index in [2.05, 4.69) is 51.6 Å². The van der Waals surface area contributed by atoms with Crippen LogP contribution in [0.2, 0.25) is 0 Å². The van der Waals surface area contributed by atoms with Crippen molar-refractivity contribution in [3.8, 4) is 5.69 Å². The molecule has 1 aromatic heterocycles. The van der Waals surface area contributed by atoms with Gasteiger partial charge < -0.3 is 10.6 Å². The molecule has 0 saturated carbocycles. The van der Waals surface area contributed by atoms with E-state index in [-0.39, 0.29) is 24.0 Å². The number of aromatic nitrogens is 2. The molecule has 0 saturated heterocycles. The number of aliphatic imine (C=N–C) groups is 1. The van der Waals surface area contributed by atoms with E-state index in [1.54, 1.807) is 13.2 Å². The second-order valence-electron chi connectivity index (χ2n) is 5.16. The van der Waals surface area contributed by atoms with Crippen molar-refractivity contribution in [1.29, 1.82) is 0 Å². The van der Waals surface area contributed by atoms with E-state index >= 15 is 0 Å². The summed E-state index contributed by atoms with van der Waals surface area (Å²) < 4.78 is 1.86. The summed E-state index contributed by atoms with van der Waals surface area (Å²) in [6.07, 6.45) is 6.60. The minimum atomic E-state index is 0. The van der Waals surface area contributed by atoms with E-state index < -0.39 is 0 Å². The molecule has 2 rings (SSSR count). The van der Waals surface area contributed by atoms with Crippen molar-refractivity contribution in [2.45, 2.75) is 6.42 Å². The quantitative estimate of drug-likeness (QED) is 0.194. The molecule has 2 aromatic rings. The molecule has 0 spiro atoms. The molecule has 25 heavy (non-hydrogen) atoms. The minimum absolute atomic E-state index is 0. The third-order valence-corrected chi connectivity index (χ3v) is 4.37. The van der Waals surface area contributed by atoms with Crippen LogP contribution in [-0.2, 0) is 6.42 Å². The first-order chi connectivity index (χ1) is 11.8.